The summed E-state index contributed by atoms with van der Waals surface area (Å²) >= 11 is 0. The van der Waals surface area contributed by atoms with Crippen molar-refractivity contribution in [2.24, 2.45) is 0 Å². The maximum atomic E-state index is 13.6. The van der Waals surface area contributed by atoms with E-state index in [0.717, 1.165) is 36.0 Å². The van der Waals surface area contributed by atoms with Crippen molar-refractivity contribution in [2.45, 2.75) is 70.9 Å². The van der Waals surface area contributed by atoms with Gasteiger partial charge < -0.3 is 9.57 Å². The first-order valence-corrected chi connectivity index (χ1v) is 10.7. The Hall–Kier alpha value is -1.96. The van der Waals surface area contributed by atoms with E-state index in [0.29, 0.717) is 25.9 Å². The molecule has 0 spiro atoms. The fourth-order valence-corrected chi connectivity index (χ4v) is 4.45. The summed E-state index contributed by atoms with van der Waals surface area (Å²) in [4.78, 5) is 38.1. The van der Waals surface area contributed by atoms with Gasteiger partial charge in [0.2, 0.25) is 0 Å². The van der Waals surface area contributed by atoms with Crippen LogP contribution in [0.25, 0.3) is 0 Å². The van der Waals surface area contributed by atoms with Crippen molar-refractivity contribution < 1.29 is 24.0 Å². The Morgan fingerprint density at radius 2 is 1.70 bits per heavy atom. The van der Waals surface area contributed by atoms with Crippen LogP contribution in [0, 0.1) is 20.8 Å². The summed E-state index contributed by atoms with van der Waals surface area (Å²) < 4.78 is 5.17. The standard InChI is InChI=1S/C23H34N2O5/c1-16-13-17(2)20(18(3)14-16)15-21(26)25(30-19-7-6-8-19)23(22(27)28-4)9-11-24(29-5)12-10-23/h13-14,19H,6-12,15H2,1-5H3. The zero-order valence-corrected chi connectivity index (χ0v) is 18.8. The molecule has 1 aromatic carbocycles. The molecule has 0 N–H and O–H groups in total. The van der Waals surface area contributed by atoms with E-state index >= 15 is 0 Å². The second-order valence-electron chi connectivity index (χ2n) is 8.54. The molecule has 0 unspecified atom stereocenters. The molecule has 1 aliphatic heterocycles. The molecule has 1 heterocycles. The average molecular weight is 419 g/mol. The van der Waals surface area contributed by atoms with Gasteiger partial charge in [0.05, 0.1) is 26.7 Å². The first kappa shape index (κ1) is 22.7. The van der Waals surface area contributed by atoms with Gasteiger partial charge in [-0.2, -0.15) is 5.06 Å². The second kappa shape index (κ2) is 9.45. The molecule has 1 saturated heterocycles. The smallest absolute Gasteiger partial charge is 0.334 e. The number of hydrogen-bond donors (Lipinski definition) is 0. The lowest BCUT2D eigenvalue weighted by atomic mass is 9.86. The van der Waals surface area contributed by atoms with E-state index in [1.807, 2.05) is 20.8 Å². The molecule has 2 fully saturated rings. The summed E-state index contributed by atoms with van der Waals surface area (Å²) in [5.41, 5.74) is 3.17. The van der Waals surface area contributed by atoms with E-state index in [1.165, 1.54) is 17.7 Å². The molecule has 30 heavy (non-hydrogen) atoms. The van der Waals surface area contributed by atoms with Crippen molar-refractivity contribution in [3.63, 3.8) is 0 Å². The van der Waals surface area contributed by atoms with Gasteiger partial charge in [-0.15, -0.1) is 0 Å². The number of benzene rings is 1. The molecule has 0 radical (unpaired) electrons. The summed E-state index contributed by atoms with van der Waals surface area (Å²) in [6, 6.07) is 4.17. The molecule has 0 atom stereocenters. The maximum Gasteiger partial charge on any atom is 0.334 e. The number of ether oxygens (including phenoxy) is 1. The number of nitrogens with zero attached hydrogens (tertiary/aromatic N) is 2. The molecule has 7 heteroatoms. The first-order valence-electron chi connectivity index (χ1n) is 10.7. The van der Waals surface area contributed by atoms with Gasteiger partial charge in [-0.1, -0.05) is 17.7 Å². The first-order chi connectivity index (χ1) is 14.3. The number of rotatable bonds is 7. The predicted octanol–water partition coefficient (Wildman–Crippen LogP) is 3.04. The quantitative estimate of drug-likeness (QED) is 0.501. The Labute approximate surface area is 179 Å². The van der Waals surface area contributed by atoms with Crippen molar-refractivity contribution in [3.8, 4) is 0 Å². The normalized spacial score (nSPS) is 19.2. The van der Waals surface area contributed by atoms with Crippen molar-refractivity contribution in [3.05, 3.63) is 34.4 Å². The lowest BCUT2D eigenvalue weighted by Crippen LogP contribution is -2.63. The molecular weight excluding hydrogens is 384 g/mol. The Kier molecular flexibility index (Phi) is 7.16. The number of carbonyl (C=O) groups is 2. The van der Waals surface area contributed by atoms with Gasteiger partial charge in [-0.05, 0) is 69.6 Å². The number of hydrogen-bond acceptors (Lipinski definition) is 6. The van der Waals surface area contributed by atoms with Crippen LogP contribution in [-0.4, -0.2) is 61.0 Å². The zero-order chi connectivity index (χ0) is 21.9. The van der Waals surface area contributed by atoms with Crippen molar-refractivity contribution in [2.75, 3.05) is 27.3 Å². The van der Waals surface area contributed by atoms with Crippen LogP contribution in [0.1, 0.15) is 54.4 Å². The largest absolute Gasteiger partial charge is 0.467 e. The van der Waals surface area contributed by atoms with Crippen LogP contribution in [0.5, 0.6) is 0 Å². The molecule has 0 bridgehead atoms. The topological polar surface area (TPSA) is 68.3 Å². The van der Waals surface area contributed by atoms with Gasteiger partial charge >= 0.3 is 5.97 Å². The third kappa shape index (κ3) is 4.53. The third-order valence-corrected chi connectivity index (χ3v) is 6.46. The molecule has 1 amide bonds. The van der Waals surface area contributed by atoms with Crippen LogP contribution < -0.4 is 0 Å². The summed E-state index contributed by atoms with van der Waals surface area (Å²) in [5, 5.41) is 3.16. The maximum absolute atomic E-state index is 13.6. The Bertz CT molecular complexity index is 759. The van der Waals surface area contributed by atoms with E-state index < -0.39 is 11.5 Å². The Balaban J connectivity index is 1.92. The predicted molar refractivity (Wildman–Crippen MR) is 112 cm³/mol. The lowest BCUT2D eigenvalue weighted by molar-refractivity contribution is -0.272. The van der Waals surface area contributed by atoms with E-state index in [1.54, 1.807) is 12.2 Å². The van der Waals surface area contributed by atoms with Gasteiger partial charge in [0, 0.05) is 13.1 Å². The Morgan fingerprint density at radius 1 is 1.10 bits per heavy atom. The van der Waals surface area contributed by atoms with Crippen LogP contribution in [-0.2, 0) is 30.4 Å². The fourth-order valence-electron chi connectivity index (χ4n) is 4.45. The molecule has 1 aliphatic carbocycles. The second-order valence-corrected chi connectivity index (χ2v) is 8.54. The highest BCUT2D eigenvalue weighted by atomic mass is 16.7. The minimum atomic E-state index is -1.14. The molecule has 7 nitrogen and oxygen atoms in total. The highest BCUT2D eigenvalue weighted by Gasteiger charge is 2.52. The summed E-state index contributed by atoms with van der Waals surface area (Å²) in [7, 11) is 2.98. The SMILES string of the molecule is COC(=O)C1(N(OC2CCC2)C(=O)Cc2c(C)cc(C)cc2C)CCN(OC)CC1. The van der Waals surface area contributed by atoms with Crippen molar-refractivity contribution in [1.82, 2.24) is 10.1 Å². The number of hydroxylamine groups is 4. The van der Waals surface area contributed by atoms with Crippen molar-refractivity contribution in [1.29, 1.82) is 0 Å². The van der Waals surface area contributed by atoms with Crippen LogP contribution in [0.3, 0.4) is 0 Å². The molecular formula is C23H34N2O5. The van der Waals surface area contributed by atoms with E-state index in [4.69, 9.17) is 14.4 Å². The monoisotopic (exact) mass is 418 g/mol. The minimum Gasteiger partial charge on any atom is -0.467 e. The summed E-state index contributed by atoms with van der Waals surface area (Å²) in [6.07, 6.45) is 3.83. The van der Waals surface area contributed by atoms with Gasteiger partial charge in [-0.25, -0.2) is 9.86 Å². The summed E-state index contributed by atoms with van der Waals surface area (Å²) in [5.74, 6) is -0.628. The highest BCUT2D eigenvalue weighted by molar-refractivity contribution is 5.88. The van der Waals surface area contributed by atoms with Gasteiger partial charge in [0.1, 0.15) is 0 Å². The molecule has 0 aromatic heterocycles. The van der Waals surface area contributed by atoms with E-state index in [2.05, 4.69) is 12.1 Å². The van der Waals surface area contributed by atoms with E-state index in [9.17, 15) is 9.59 Å². The zero-order valence-electron chi connectivity index (χ0n) is 18.8. The Morgan fingerprint density at radius 3 is 2.17 bits per heavy atom. The fraction of sp³-hybridized carbons (Fsp3) is 0.652. The molecule has 1 aromatic rings. The molecule has 166 valence electrons. The summed E-state index contributed by atoms with van der Waals surface area (Å²) in [6.45, 7) is 7.13. The van der Waals surface area contributed by atoms with Gasteiger partial charge in [0.15, 0.2) is 5.54 Å². The number of methoxy groups -OCH3 is 1. The number of carbonyl (C=O) groups excluding carboxylic acids is 2. The highest BCUT2D eigenvalue weighted by Crippen LogP contribution is 2.35. The van der Waals surface area contributed by atoms with E-state index in [-0.39, 0.29) is 18.4 Å². The third-order valence-electron chi connectivity index (χ3n) is 6.46. The molecule has 2 aliphatic rings. The number of aryl methyl sites for hydroxylation is 3. The van der Waals surface area contributed by atoms with Crippen molar-refractivity contribution >= 4 is 11.9 Å². The van der Waals surface area contributed by atoms with Crippen LogP contribution in [0.15, 0.2) is 12.1 Å². The van der Waals surface area contributed by atoms with Crippen LogP contribution >= 0.6 is 0 Å². The van der Waals surface area contributed by atoms with Crippen LogP contribution in [0.2, 0.25) is 0 Å². The van der Waals surface area contributed by atoms with Crippen LogP contribution in [0.4, 0.5) is 0 Å². The number of piperidine rings is 1. The molecule has 3 rings (SSSR count). The average Bonchev–Trinajstić information content (AvgIpc) is 2.69. The lowest BCUT2D eigenvalue weighted by Gasteiger charge is -2.46. The van der Waals surface area contributed by atoms with Gasteiger partial charge in [0.25, 0.3) is 5.91 Å². The molecule has 1 saturated carbocycles. The number of amides is 1. The minimum absolute atomic E-state index is 0.0313. The van der Waals surface area contributed by atoms with Gasteiger partial charge in [-0.3, -0.25) is 9.63 Å². The number of esters is 1.